The number of ether oxygens (including phenoxy) is 3. The van der Waals surface area contributed by atoms with Gasteiger partial charge in [-0.1, -0.05) is 15.9 Å². The van der Waals surface area contributed by atoms with Crippen LogP contribution in [-0.2, 0) is 0 Å². The normalized spacial score (nSPS) is 10.7. The summed E-state index contributed by atoms with van der Waals surface area (Å²) in [4.78, 5) is 4.49. The molecule has 0 saturated carbocycles. The molecular formula is C16H14BrNO4. The molecule has 3 aromatic rings. The Balaban J connectivity index is 2.17. The van der Waals surface area contributed by atoms with E-state index in [1.807, 2.05) is 18.2 Å². The van der Waals surface area contributed by atoms with Gasteiger partial charge in [-0.25, -0.2) is 4.98 Å². The minimum Gasteiger partial charge on any atom is -0.493 e. The highest BCUT2D eigenvalue weighted by Crippen LogP contribution is 2.41. The Hall–Kier alpha value is -2.21. The molecule has 0 radical (unpaired) electrons. The zero-order chi connectivity index (χ0) is 15.7. The van der Waals surface area contributed by atoms with Gasteiger partial charge in [0.1, 0.15) is 5.52 Å². The number of halogens is 1. The molecule has 0 atom stereocenters. The molecule has 2 aromatic carbocycles. The summed E-state index contributed by atoms with van der Waals surface area (Å²) >= 11 is 3.42. The lowest BCUT2D eigenvalue weighted by Crippen LogP contribution is -1.95. The van der Waals surface area contributed by atoms with Crippen molar-refractivity contribution in [2.75, 3.05) is 21.3 Å². The molecular weight excluding hydrogens is 350 g/mol. The van der Waals surface area contributed by atoms with Crippen LogP contribution in [0.3, 0.4) is 0 Å². The van der Waals surface area contributed by atoms with E-state index in [-0.39, 0.29) is 0 Å². The van der Waals surface area contributed by atoms with E-state index in [0.29, 0.717) is 28.7 Å². The number of rotatable bonds is 4. The maximum absolute atomic E-state index is 5.81. The maximum Gasteiger partial charge on any atom is 0.227 e. The van der Waals surface area contributed by atoms with Crippen molar-refractivity contribution in [1.29, 1.82) is 0 Å². The van der Waals surface area contributed by atoms with Crippen molar-refractivity contribution in [2.24, 2.45) is 0 Å². The van der Waals surface area contributed by atoms with E-state index in [9.17, 15) is 0 Å². The fourth-order valence-electron chi connectivity index (χ4n) is 2.23. The van der Waals surface area contributed by atoms with Crippen molar-refractivity contribution in [1.82, 2.24) is 4.98 Å². The largest absolute Gasteiger partial charge is 0.493 e. The van der Waals surface area contributed by atoms with Crippen LogP contribution in [0.2, 0.25) is 0 Å². The van der Waals surface area contributed by atoms with Gasteiger partial charge in [0.05, 0.1) is 21.3 Å². The number of nitrogens with zero attached hydrogens (tertiary/aromatic N) is 1. The van der Waals surface area contributed by atoms with Crippen LogP contribution in [0.25, 0.3) is 22.6 Å². The minimum absolute atomic E-state index is 0.493. The van der Waals surface area contributed by atoms with Crippen molar-refractivity contribution in [3.05, 3.63) is 34.8 Å². The molecule has 0 amide bonds. The van der Waals surface area contributed by atoms with Gasteiger partial charge in [0.2, 0.25) is 11.6 Å². The number of fused-ring (bicyclic) bond motifs is 1. The van der Waals surface area contributed by atoms with Gasteiger partial charge in [0.25, 0.3) is 0 Å². The smallest absolute Gasteiger partial charge is 0.227 e. The molecule has 0 N–H and O–H groups in total. The number of benzene rings is 2. The van der Waals surface area contributed by atoms with Gasteiger partial charge in [0.15, 0.2) is 17.1 Å². The predicted molar refractivity (Wildman–Crippen MR) is 86.8 cm³/mol. The number of aromatic nitrogens is 1. The molecule has 0 fully saturated rings. The Bertz CT molecular complexity index is 803. The summed E-state index contributed by atoms with van der Waals surface area (Å²) in [6.07, 6.45) is 0. The van der Waals surface area contributed by atoms with Crippen molar-refractivity contribution >= 4 is 27.0 Å². The Labute approximate surface area is 135 Å². The van der Waals surface area contributed by atoms with E-state index < -0.39 is 0 Å². The Morgan fingerprint density at radius 2 is 1.64 bits per heavy atom. The molecule has 3 rings (SSSR count). The first-order chi connectivity index (χ1) is 10.7. The van der Waals surface area contributed by atoms with E-state index in [2.05, 4.69) is 20.9 Å². The number of hydrogen-bond donors (Lipinski definition) is 0. The van der Waals surface area contributed by atoms with E-state index in [1.54, 1.807) is 33.5 Å². The van der Waals surface area contributed by atoms with Gasteiger partial charge in [-0.3, -0.25) is 0 Å². The summed E-state index contributed by atoms with van der Waals surface area (Å²) in [6, 6.07) is 9.31. The third-order valence-corrected chi connectivity index (χ3v) is 3.76. The lowest BCUT2D eigenvalue weighted by Gasteiger charge is -2.12. The number of methoxy groups -OCH3 is 3. The average Bonchev–Trinajstić information content (AvgIpc) is 2.96. The summed E-state index contributed by atoms with van der Waals surface area (Å²) in [7, 11) is 4.71. The summed E-state index contributed by atoms with van der Waals surface area (Å²) < 4.78 is 22.8. The molecule has 1 heterocycles. The molecule has 0 unspecified atom stereocenters. The van der Waals surface area contributed by atoms with Crippen molar-refractivity contribution in [3.63, 3.8) is 0 Å². The van der Waals surface area contributed by atoms with Crippen LogP contribution in [0.4, 0.5) is 0 Å². The fraction of sp³-hybridized carbons (Fsp3) is 0.188. The summed E-state index contributed by atoms with van der Waals surface area (Å²) in [6.45, 7) is 0. The zero-order valence-electron chi connectivity index (χ0n) is 12.3. The van der Waals surface area contributed by atoms with Crippen LogP contribution in [0.5, 0.6) is 17.2 Å². The Kier molecular flexibility index (Phi) is 3.94. The van der Waals surface area contributed by atoms with Gasteiger partial charge < -0.3 is 18.6 Å². The molecule has 114 valence electrons. The van der Waals surface area contributed by atoms with E-state index in [1.165, 1.54) is 0 Å². The summed E-state index contributed by atoms with van der Waals surface area (Å²) in [5, 5.41) is 0. The van der Waals surface area contributed by atoms with Crippen LogP contribution in [0.15, 0.2) is 39.2 Å². The van der Waals surface area contributed by atoms with Crippen LogP contribution < -0.4 is 14.2 Å². The van der Waals surface area contributed by atoms with Gasteiger partial charge in [-0.2, -0.15) is 0 Å². The quantitative estimate of drug-likeness (QED) is 0.692. The highest BCUT2D eigenvalue weighted by atomic mass is 79.9. The summed E-state index contributed by atoms with van der Waals surface area (Å²) in [5.41, 5.74) is 2.24. The molecule has 0 saturated heterocycles. The van der Waals surface area contributed by atoms with Gasteiger partial charge >= 0.3 is 0 Å². The number of oxazole rings is 1. The fourth-order valence-corrected chi connectivity index (χ4v) is 2.57. The van der Waals surface area contributed by atoms with Gasteiger partial charge in [0, 0.05) is 10.0 Å². The lowest BCUT2D eigenvalue weighted by molar-refractivity contribution is 0.324. The molecule has 0 aliphatic heterocycles. The van der Waals surface area contributed by atoms with Crippen molar-refractivity contribution in [2.45, 2.75) is 0 Å². The van der Waals surface area contributed by atoms with Crippen LogP contribution in [-0.4, -0.2) is 26.3 Å². The van der Waals surface area contributed by atoms with E-state index in [4.69, 9.17) is 18.6 Å². The second-order valence-corrected chi connectivity index (χ2v) is 5.46. The average molecular weight is 364 g/mol. The monoisotopic (exact) mass is 363 g/mol. The molecule has 0 spiro atoms. The molecule has 22 heavy (non-hydrogen) atoms. The molecule has 6 heteroatoms. The van der Waals surface area contributed by atoms with E-state index >= 15 is 0 Å². The third-order valence-electron chi connectivity index (χ3n) is 3.26. The van der Waals surface area contributed by atoms with Gasteiger partial charge in [-0.15, -0.1) is 0 Å². The minimum atomic E-state index is 0.493. The molecule has 0 aliphatic carbocycles. The van der Waals surface area contributed by atoms with Crippen molar-refractivity contribution < 1.29 is 18.6 Å². The Morgan fingerprint density at radius 3 is 2.23 bits per heavy atom. The molecule has 5 nitrogen and oxygen atoms in total. The second-order valence-electron chi connectivity index (χ2n) is 4.55. The molecule has 0 aliphatic rings. The number of hydrogen-bond acceptors (Lipinski definition) is 5. The third kappa shape index (κ3) is 2.50. The summed E-state index contributed by atoms with van der Waals surface area (Å²) in [5.74, 6) is 2.14. The van der Waals surface area contributed by atoms with Crippen LogP contribution in [0, 0.1) is 0 Å². The van der Waals surface area contributed by atoms with Crippen molar-refractivity contribution in [3.8, 4) is 28.7 Å². The first kappa shape index (κ1) is 14.7. The first-order valence-electron chi connectivity index (χ1n) is 6.52. The SMILES string of the molecule is COc1cc(-c2nc3ccc(Br)cc3o2)cc(OC)c1OC. The molecule has 1 aromatic heterocycles. The van der Waals surface area contributed by atoms with Crippen LogP contribution >= 0.6 is 15.9 Å². The predicted octanol–water partition coefficient (Wildman–Crippen LogP) is 4.28. The van der Waals surface area contributed by atoms with Gasteiger partial charge in [-0.05, 0) is 30.3 Å². The van der Waals surface area contributed by atoms with Crippen LogP contribution in [0.1, 0.15) is 0 Å². The zero-order valence-corrected chi connectivity index (χ0v) is 13.9. The maximum atomic E-state index is 5.81. The second kappa shape index (κ2) is 5.88. The standard InChI is InChI=1S/C16H14BrNO4/c1-19-13-6-9(7-14(20-2)15(13)21-3)16-18-11-5-4-10(17)8-12(11)22-16/h4-8H,1-3H3. The molecule has 0 bridgehead atoms. The highest BCUT2D eigenvalue weighted by Gasteiger charge is 2.17. The highest BCUT2D eigenvalue weighted by molar-refractivity contribution is 9.10. The lowest BCUT2D eigenvalue weighted by atomic mass is 10.2. The topological polar surface area (TPSA) is 53.7 Å². The van der Waals surface area contributed by atoms with E-state index in [0.717, 1.165) is 15.6 Å². The first-order valence-corrected chi connectivity index (χ1v) is 7.32. The Morgan fingerprint density at radius 1 is 0.955 bits per heavy atom.